The van der Waals surface area contributed by atoms with Crippen molar-refractivity contribution in [2.75, 3.05) is 6.61 Å². The molecule has 1 saturated heterocycles. The first-order chi connectivity index (χ1) is 10.3. The summed E-state index contributed by atoms with van der Waals surface area (Å²) in [6, 6.07) is 12.9. The van der Waals surface area contributed by atoms with Gasteiger partial charge in [0.2, 0.25) is 0 Å². The highest BCUT2D eigenvalue weighted by Gasteiger charge is 2.19. The molecule has 1 aliphatic heterocycles. The van der Waals surface area contributed by atoms with Gasteiger partial charge < -0.3 is 4.74 Å². The Labute approximate surface area is 132 Å². The van der Waals surface area contributed by atoms with Gasteiger partial charge in [0, 0.05) is 6.61 Å². The summed E-state index contributed by atoms with van der Waals surface area (Å²) in [6.07, 6.45) is 6.17. The zero-order valence-corrected chi connectivity index (χ0v) is 13.4. The zero-order chi connectivity index (χ0) is 14.7. The second-order valence-electron chi connectivity index (χ2n) is 6.05. The molecule has 1 nitrogen and oxygen atoms in total. The molecule has 3 rings (SSSR count). The Hall–Kier alpha value is -1.05. The second-order valence-corrected chi connectivity index (χ2v) is 6.58. The van der Waals surface area contributed by atoms with Crippen LogP contribution in [-0.2, 0) is 4.74 Å². The van der Waals surface area contributed by atoms with Gasteiger partial charge in [0.1, 0.15) is 0 Å². The van der Waals surface area contributed by atoms with Gasteiger partial charge in [-0.25, -0.2) is 0 Å². The largest absolute Gasteiger partial charge is 0.378 e. The Bertz CT molecular complexity index is 602. The third-order valence-electron chi connectivity index (χ3n) is 4.52. The molecule has 2 unspecified atom stereocenters. The van der Waals surface area contributed by atoms with Crippen molar-refractivity contribution >= 4 is 22.4 Å². The lowest BCUT2D eigenvalue weighted by molar-refractivity contribution is 0.0100. The predicted octanol–water partition coefficient (Wildman–Crippen LogP) is 5.78. The van der Waals surface area contributed by atoms with Crippen LogP contribution >= 0.6 is 11.6 Å². The lowest BCUT2D eigenvalue weighted by atomic mass is 9.94. The van der Waals surface area contributed by atoms with Crippen LogP contribution in [0.2, 0.25) is 0 Å². The molecule has 1 fully saturated rings. The number of halogens is 1. The van der Waals surface area contributed by atoms with Crippen LogP contribution < -0.4 is 0 Å². The van der Waals surface area contributed by atoms with Crippen LogP contribution in [0.1, 0.15) is 48.6 Å². The summed E-state index contributed by atoms with van der Waals surface area (Å²) >= 11 is 6.75. The summed E-state index contributed by atoms with van der Waals surface area (Å²) < 4.78 is 5.82. The number of aryl methyl sites for hydroxylation is 1. The van der Waals surface area contributed by atoms with E-state index >= 15 is 0 Å². The molecule has 0 radical (unpaired) electrons. The molecule has 112 valence electrons. The smallest absolute Gasteiger partial charge is 0.0594 e. The fourth-order valence-corrected chi connectivity index (χ4v) is 3.75. The van der Waals surface area contributed by atoms with Crippen LogP contribution in [0.5, 0.6) is 0 Å². The van der Waals surface area contributed by atoms with Gasteiger partial charge in [-0.05, 0) is 60.9 Å². The van der Waals surface area contributed by atoms with Crippen LogP contribution in [0.25, 0.3) is 10.8 Å². The Morgan fingerprint density at radius 3 is 2.86 bits per heavy atom. The number of rotatable bonds is 4. The highest BCUT2D eigenvalue weighted by atomic mass is 35.5. The van der Waals surface area contributed by atoms with Gasteiger partial charge in [-0.2, -0.15) is 0 Å². The van der Waals surface area contributed by atoms with Crippen molar-refractivity contribution in [1.29, 1.82) is 0 Å². The van der Waals surface area contributed by atoms with Crippen molar-refractivity contribution in [3.63, 3.8) is 0 Å². The lowest BCUT2D eigenvalue weighted by Crippen LogP contribution is -2.19. The molecule has 0 spiro atoms. The molecule has 21 heavy (non-hydrogen) atoms. The third kappa shape index (κ3) is 3.41. The van der Waals surface area contributed by atoms with Gasteiger partial charge >= 0.3 is 0 Å². The normalized spacial score (nSPS) is 20.6. The fraction of sp³-hybridized carbons (Fsp3) is 0.474. The minimum atomic E-state index is 0.0710. The average molecular weight is 303 g/mol. The van der Waals surface area contributed by atoms with E-state index in [2.05, 4.69) is 43.3 Å². The number of ether oxygens (including phenoxy) is 1. The van der Waals surface area contributed by atoms with E-state index in [9.17, 15) is 0 Å². The van der Waals surface area contributed by atoms with Crippen molar-refractivity contribution in [1.82, 2.24) is 0 Å². The summed E-state index contributed by atoms with van der Waals surface area (Å²) in [4.78, 5) is 0. The molecule has 0 aromatic heterocycles. The molecule has 0 saturated carbocycles. The molecular formula is C19H23ClO. The van der Waals surface area contributed by atoms with Gasteiger partial charge in [-0.15, -0.1) is 11.6 Å². The number of alkyl halides is 1. The maximum Gasteiger partial charge on any atom is 0.0594 e. The fourth-order valence-electron chi connectivity index (χ4n) is 3.33. The van der Waals surface area contributed by atoms with Gasteiger partial charge in [0.25, 0.3) is 0 Å². The number of hydrogen-bond acceptors (Lipinski definition) is 1. The highest BCUT2D eigenvalue weighted by Crippen LogP contribution is 2.35. The quantitative estimate of drug-likeness (QED) is 0.651. The van der Waals surface area contributed by atoms with Crippen LogP contribution in [0.15, 0.2) is 36.4 Å². The maximum atomic E-state index is 6.75. The number of benzene rings is 2. The number of fused-ring (bicyclic) bond motifs is 1. The monoisotopic (exact) mass is 302 g/mol. The summed E-state index contributed by atoms with van der Waals surface area (Å²) in [5, 5.41) is 2.64. The van der Waals surface area contributed by atoms with E-state index in [4.69, 9.17) is 16.3 Å². The Morgan fingerprint density at radius 1 is 1.19 bits per heavy atom. The molecule has 2 aromatic carbocycles. The van der Waals surface area contributed by atoms with Crippen LogP contribution in [-0.4, -0.2) is 12.7 Å². The van der Waals surface area contributed by atoms with Crippen LogP contribution in [0.4, 0.5) is 0 Å². The van der Waals surface area contributed by atoms with E-state index in [-0.39, 0.29) is 5.38 Å². The Kier molecular flexibility index (Phi) is 4.82. The molecule has 0 bridgehead atoms. The van der Waals surface area contributed by atoms with E-state index in [0.717, 1.165) is 19.4 Å². The molecule has 2 atom stereocenters. The standard InChI is InChI=1S/C19H23ClO/c1-14-9-10-15-6-2-3-8-17(15)19(14)18(20)12-11-16-7-4-5-13-21-16/h2-3,6,8-10,16,18H,4-5,7,11-13H2,1H3. The van der Waals surface area contributed by atoms with Crippen LogP contribution in [0.3, 0.4) is 0 Å². The Morgan fingerprint density at radius 2 is 2.05 bits per heavy atom. The average Bonchev–Trinajstić information content (AvgIpc) is 2.53. The summed E-state index contributed by atoms with van der Waals surface area (Å²) in [5.41, 5.74) is 2.59. The van der Waals surface area contributed by atoms with Crippen LogP contribution in [0, 0.1) is 6.92 Å². The third-order valence-corrected chi connectivity index (χ3v) is 4.95. The highest BCUT2D eigenvalue weighted by molar-refractivity contribution is 6.22. The van der Waals surface area contributed by atoms with E-state index in [1.807, 2.05) is 0 Å². The first-order valence-corrected chi connectivity index (χ1v) is 8.43. The van der Waals surface area contributed by atoms with E-state index < -0.39 is 0 Å². The zero-order valence-electron chi connectivity index (χ0n) is 12.6. The number of hydrogen-bond donors (Lipinski definition) is 0. The Balaban J connectivity index is 1.77. The molecule has 1 heterocycles. The second kappa shape index (κ2) is 6.81. The van der Waals surface area contributed by atoms with Crippen molar-refractivity contribution in [2.24, 2.45) is 0 Å². The molecule has 2 aromatic rings. The van der Waals surface area contributed by atoms with Crippen molar-refractivity contribution in [3.8, 4) is 0 Å². The van der Waals surface area contributed by atoms with Gasteiger partial charge in [-0.3, -0.25) is 0 Å². The minimum absolute atomic E-state index is 0.0710. The maximum absolute atomic E-state index is 6.75. The van der Waals surface area contributed by atoms with Crippen molar-refractivity contribution in [3.05, 3.63) is 47.5 Å². The molecule has 0 amide bonds. The summed E-state index contributed by atoms with van der Waals surface area (Å²) in [6.45, 7) is 3.08. The van der Waals surface area contributed by atoms with Crippen molar-refractivity contribution < 1.29 is 4.74 Å². The van der Waals surface area contributed by atoms with E-state index in [1.165, 1.54) is 41.2 Å². The molecule has 2 heteroatoms. The van der Waals surface area contributed by atoms with Gasteiger partial charge in [0.05, 0.1) is 11.5 Å². The minimum Gasteiger partial charge on any atom is -0.378 e. The molecular weight excluding hydrogens is 280 g/mol. The summed E-state index contributed by atoms with van der Waals surface area (Å²) in [7, 11) is 0. The summed E-state index contributed by atoms with van der Waals surface area (Å²) in [5.74, 6) is 0. The molecule has 0 aliphatic carbocycles. The molecule has 1 aliphatic rings. The van der Waals surface area contributed by atoms with Gasteiger partial charge in [0.15, 0.2) is 0 Å². The molecule has 0 N–H and O–H groups in total. The topological polar surface area (TPSA) is 9.23 Å². The van der Waals surface area contributed by atoms with E-state index in [1.54, 1.807) is 0 Å². The van der Waals surface area contributed by atoms with Crippen molar-refractivity contribution in [2.45, 2.75) is 50.5 Å². The van der Waals surface area contributed by atoms with Gasteiger partial charge in [-0.1, -0.05) is 36.4 Å². The predicted molar refractivity (Wildman–Crippen MR) is 90.1 cm³/mol. The SMILES string of the molecule is Cc1ccc2ccccc2c1C(Cl)CCC1CCCCO1. The van der Waals surface area contributed by atoms with E-state index in [0.29, 0.717) is 6.10 Å². The first-order valence-electron chi connectivity index (χ1n) is 7.99. The lowest BCUT2D eigenvalue weighted by Gasteiger charge is -2.24. The first kappa shape index (κ1) is 14.9.